The molecule has 0 aromatic heterocycles. The molecule has 7 rings (SSSR count). The lowest BCUT2D eigenvalue weighted by molar-refractivity contribution is -0.141. The van der Waals surface area contributed by atoms with Crippen LogP contribution in [0.15, 0.2) is 91.0 Å². The summed E-state index contributed by atoms with van der Waals surface area (Å²) < 4.78 is 24.0. The third-order valence-corrected chi connectivity index (χ3v) is 9.65. The Balaban J connectivity index is 1.14. The van der Waals surface area contributed by atoms with Gasteiger partial charge < -0.3 is 23.8 Å². The SMILES string of the molecule is COC(OC)C1CCN(c2ccc(C3c4ccc(OCc5ccccc5)cc4COC3c3ccc4c(c3)CC4)cc2)CC1. The van der Waals surface area contributed by atoms with Crippen LogP contribution in [0.25, 0.3) is 0 Å². The molecular weight excluding hydrogens is 534 g/mol. The van der Waals surface area contributed by atoms with Crippen LogP contribution in [-0.4, -0.2) is 33.6 Å². The van der Waals surface area contributed by atoms with Gasteiger partial charge in [-0.15, -0.1) is 0 Å². The van der Waals surface area contributed by atoms with Crippen LogP contribution in [0.1, 0.15) is 63.8 Å². The summed E-state index contributed by atoms with van der Waals surface area (Å²) in [5, 5.41) is 0. The van der Waals surface area contributed by atoms with E-state index in [9.17, 15) is 0 Å². The number of piperidine rings is 1. The molecule has 5 nitrogen and oxygen atoms in total. The van der Waals surface area contributed by atoms with Gasteiger partial charge in [-0.1, -0.05) is 66.7 Å². The number of anilines is 1. The van der Waals surface area contributed by atoms with Gasteiger partial charge >= 0.3 is 0 Å². The second-order valence-electron chi connectivity index (χ2n) is 12.1. The molecule has 4 aromatic rings. The Morgan fingerprint density at radius 3 is 2.21 bits per heavy atom. The van der Waals surface area contributed by atoms with Gasteiger partial charge in [0.1, 0.15) is 12.4 Å². The standard InChI is InChI=1S/C38H41NO4/c1-40-38(41-2)29-18-20-39(21-19-29)33-14-12-28(13-15-33)36-35-17-16-34(42-24-26-6-4-3-5-7-26)23-32(35)25-43-37(36)31-11-9-27-8-10-30(27)22-31/h3-7,9,11-17,22-23,29,36-38H,8,10,18-21,24-25H2,1-2H3. The van der Waals surface area contributed by atoms with E-state index in [-0.39, 0.29) is 18.3 Å². The first kappa shape index (κ1) is 28.1. The maximum Gasteiger partial charge on any atom is 0.159 e. The number of methoxy groups -OCH3 is 2. The summed E-state index contributed by atoms with van der Waals surface area (Å²) in [6.45, 7) is 3.14. The first-order valence-corrected chi connectivity index (χ1v) is 15.6. The summed E-state index contributed by atoms with van der Waals surface area (Å²) in [7, 11) is 3.47. The molecule has 2 unspecified atom stereocenters. The minimum atomic E-state index is -0.119. The molecule has 0 bridgehead atoms. The van der Waals surface area contributed by atoms with Crippen molar-refractivity contribution in [2.24, 2.45) is 5.92 Å². The van der Waals surface area contributed by atoms with Crippen LogP contribution in [0.5, 0.6) is 5.75 Å². The Kier molecular flexibility index (Phi) is 8.20. The van der Waals surface area contributed by atoms with Crippen molar-refractivity contribution in [2.75, 3.05) is 32.2 Å². The summed E-state index contributed by atoms with van der Waals surface area (Å²) in [4.78, 5) is 2.48. The molecule has 43 heavy (non-hydrogen) atoms. The molecule has 0 radical (unpaired) electrons. The van der Waals surface area contributed by atoms with Crippen molar-refractivity contribution in [3.8, 4) is 5.75 Å². The summed E-state index contributed by atoms with van der Waals surface area (Å²) in [6, 6.07) is 33.0. The summed E-state index contributed by atoms with van der Waals surface area (Å²) in [5.41, 5.74) is 10.5. The minimum Gasteiger partial charge on any atom is -0.489 e. The van der Waals surface area contributed by atoms with Gasteiger partial charge in [-0.3, -0.25) is 0 Å². The van der Waals surface area contributed by atoms with Crippen molar-refractivity contribution in [1.29, 1.82) is 0 Å². The highest BCUT2D eigenvalue weighted by molar-refractivity contribution is 5.52. The third kappa shape index (κ3) is 5.82. The Bertz CT molecular complexity index is 1520. The third-order valence-electron chi connectivity index (χ3n) is 9.65. The van der Waals surface area contributed by atoms with E-state index in [4.69, 9.17) is 18.9 Å². The van der Waals surface area contributed by atoms with E-state index in [2.05, 4.69) is 77.7 Å². The maximum atomic E-state index is 6.71. The smallest absolute Gasteiger partial charge is 0.159 e. The van der Waals surface area contributed by atoms with Gasteiger partial charge in [0.15, 0.2) is 6.29 Å². The largest absolute Gasteiger partial charge is 0.489 e. The van der Waals surface area contributed by atoms with Crippen molar-refractivity contribution in [1.82, 2.24) is 0 Å². The Morgan fingerprint density at radius 1 is 0.767 bits per heavy atom. The number of nitrogens with zero attached hydrogens (tertiary/aromatic N) is 1. The average molecular weight is 576 g/mol. The molecule has 4 aromatic carbocycles. The summed E-state index contributed by atoms with van der Waals surface area (Å²) >= 11 is 0. The summed E-state index contributed by atoms with van der Waals surface area (Å²) in [5.74, 6) is 1.42. The van der Waals surface area contributed by atoms with Crippen molar-refractivity contribution in [3.05, 3.63) is 130 Å². The predicted molar refractivity (Wildman–Crippen MR) is 170 cm³/mol. The molecule has 222 valence electrons. The number of fused-ring (bicyclic) bond motifs is 2. The van der Waals surface area contributed by atoms with Gasteiger partial charge in [0, 0.05) is 44.8 Å². The fraction of sp³-hybridized carbons (Fsp3) is 0.368. The van der Waals surface area contributed by atoms with Crippen molar-refractivity contribution in [3.63, 3.8) is 0 Å². The van der Waals surface area contributed by atoms with Crippen LogP contribution in [0.2, 0.25) is 0 Å². The molecule has 0 N–H and O–H groups in total. The van der Waals surface area contributed by atoms with Gasteiger partial charge in [-0.25, -0.2) is 0 Å². The molecule has 1 saturated heterocycles. The molecule has 3 aliphatic rings. The molecule has 0 saturated carbocycles. The number of hydrogen-bond donors (Lipinski definition) is 0. The number of rotatable bonds is 9. The zero-order chi connectivity index (χ0) is 29.2. The second-order valence-corrected chi connectivity index (χ2v) is 12.1. The van der Waals surface area contributed by atoms with Gasteiger partial charge in [0.2, 0.25) is 0 Å². The van der Waals surface area contributed by atoms with E-state index in [0.717, 1.165) is 37.2 Å². The van der Waals surface area contributed by atoms with Crippen LogP contribution in [-0.2, 0) is 40.3 Å². The van der Waals surface area contributed by atoms with Crippen molar-refractivity contribution in [2.45, 2.75) is 57.2 Å². The predicted octanol–water partition coefficient (Wildman–Crippen LogP) is 7.60. The fourth-order valence-electron chi connectivity index (χ4n) is 7.12. The van der Waals surface area contributed by atoms with Crippen LogP contribution >= 0.6 is 0 Å². The van der Waals surface area contributed by atoms with Gasteiger partial charge in [0.25, 0.3) is 0 Å². The highest BCUT2D eigenvalue weighted by Gasteiger charge is 2.34. The molecule has 2 heterocycles. The van der Waals surface area contributed by atoms with Gasteiger partial charge in [0.05, 0.1) is 12.7 Å². The lowest BCUT2D eigenvalue weighted by Gasteiger charge is -2.37. The first-order valence-electron chi connectivity index (χ1n) is 15.6. The average Bonchev–Trinajstić information content (AvgIpc) is 3.05. The van der Waals surface area contributed by atoms with Crippen molar-refractivity contribution >= 4 is 5.69 Å². The zero-order valence-electron chi connectivity index (χ0n) is 25.2. The zero-order valence-corrected chi connectivity index (χ0v) is 25.2. The topological polar surface area (TPSA) is 40.2 Å². The summed E-state index contributed by atoms with van der Waals surface area (Å²) in [6.07, 6.45) is 4.33. The fourth-order valence-corrected chi connectivity index (χ4v) is 7.12. The van der Waals surface area contributed by atoms with Crippen LogP contribution in [0.4, 0.5) is 5.69 Å². The highest BCUT2D eigenvalue weighted by Crippen LogP contribution is 2.46. The number of ether oxygens (including phenoxy) is 4. The van der Waals surface area contributed by atoms with E-state index in [1.165, 1.54) is 51.9 Å². The maximum absolute atomic E-state index is 6.71. The lowest BCUT2D eigenvalue weighted by atomic mass is 9.78. The first-order chi connectivity index (χ1) is 21.2. The number of benzene rings is 4. The molecule has 0 spiro atoms. The van der Waals surface area contributed by atoms with Crippen LogP contribution < -0.4 is 9.64 Å². The molecule has 0 amide bonds. The van der Waals surface area contributed by atoms with Crippen LogP contribution in [0.3, 0.4) is 0 Å². The molecule has 2 atom stereocenters. The quantitative estimate of drug-likeness (QED) is 0.192. The minimum absolute atomic E-state index is 0.0314. The number of hydrogen-bond acceptors (Lipinski definition) is 5. The van der Waals surface area contributed by atoms with E-state index in [0.29, 0.717) is 19.1 Å². The van der Waals surface area contributed by atoms with Crippen molar-refractivity contribution < 1.29 is 18.9 Å². The molecular formula is C38H41NO4. The normalized spacial score (nSPS) is 19.9. The monoisotopic (exact) mass is 575 g/mol. The van der Waals surface area contributed by atoms with Crippen LogP contribution in [0, 0.1) is 5.92 Å². The van der Waals surface area contributed by atoms with Gasteiger partial charge in [-0.2, -0.15) is 0 Å². The van der Waals surface area contributed by atoms with E-state index >= 15 is 0 Å². The van der Waals surface area contributed by atoms with E-state index < -0.39 is 0 Å². The second kappa shape index (κ2) is 12.5. The van der Waals surface area contributed by atoms with E-state index in [1.54, 1.807) is 14.2 Å². The Labute approximate surface area is 255 Å². The molecule has 1 fully saturated rings. The molecule has 2 aliphatic heterocycles. The Hall–Kier alpha value is -3.64. The number of aryl methyl sites for hydroxylation is 2. The van der Waals surface area contributed by atoms with E-state index in [1.807, 2.05) is 18.2 Å². The highest BCUT2D eigenvalue weighted by atomic mass is 16.7. The molecule has 1 aliphatic carbocycles. The van der Waals surface area contributed by atoms with Gasteiger partial charge in [-0.05, 0) is 88.9 Å². The Morgan fingerprint density at radius 2 is 1.51 bits per heavy atom. The molecule has 5 heteroatoms. The lowest BCUT2D eigenvalue weighted by Crippen LogP contribution is -2.39.